The van der Waals surface area contributed by atoms with Crippen LogP contribution in [-0.4, -0.2) is 37.2 Å². The molecule has 0 aliphatic carbocycles. The van der Waals surface area contributed by atoms with Crippen molar-refractivity contribution in [1.29, 1.82) is 0 Å². The summed E-state index contributed by atoms with van der Waals surface area (Å²) in [6, 6.07) is 13.5. The number of nitrogens with zero attached hydrogens (tertiary/aromatic N) is 2. The lowest BCUT2D eigenvalue weighted by atomic mass is 9.91. The molecule has 1 atom stereocenters. The molecule has 4 N–H and O–H groups in total. The fourth-order valence-corrected chi connectivity index (χ4v) is 3.33. The van der Waals surface area contributed by atoms with Crippen molar-refractivity contribution in [1.82, 2.24) is 4.90 Å². The van der Waals surface area contributed by atoms with Crippen molar-refractivity contribution in [2.75, 3.05) is 25.9 Å². The second kappa shape index (κ2) is 7.49. The summed E-state index contributed by atoms with van der Waals surface area (Å²) < 4.78 is 0. The number of anilines is 1. The Kier molecular flexibility index (Phi) is 5.14. The number of para-hydroxylation sites is 1. The predicted molar refractivity (Wildman–Crippen MR) is 103 cm³/mol. The average Bonchev–Trinajstić information content (AvgIpc) is 2.61. The number of amides is 1. The highest BCUT2D eigenvalue weighted by Crippen LogP contribution is 2.27. The van der Waals surface area contributed by atoms with Gasteiger partial charge in [0.15, 0.2) is 0 Å². The number of nitrogen functional groups attached to an aromatic ring is 1. The maximum absolute atomic E-state index is 11.4. The minimum absolute atomic E-state index is 0.320. The average molecular weight is 336 g/mol. The van der Waals surface area contributed by atoms with Crippen molar-refractivity contribution < 1.29 is 4.79 Å². The van der Waals surface area contributed by atoms with Crippen LogP contribution in [0.4, 0.5) is 11.4 Å². The summed E-state index contributed by atoms with van der Waals surface area (Å²) in [4.78, 5) is 18.2. The van der Waals surface area contributed by atoms with Gasteiger partial charge in [-0.1, -0.05) is 24.3 Å². The standard InChI is InChI=1S/C20H24N4O/c1-24-11-3-5-16(13-24)14-7-9-17(10-8-14)23-12-15-4-2-6-18(19(15)21)20(22)25/h2,4,6-10,12,16H,3,5,11,13,21H2,1H3,(H2,22,25). The Labute approximate surface area is 148 Å². The number of likely N-dealkylation sites (N-methyl/N-ethyl adjacent to an activating group) is 1. The monoisotopic (exact) mass is 336 g/mol. The number of benzene rings is 2. The van der Waals surface area contributed by atoms with Crippen molar-refractivity contribution >= 4 is 23.5 Å². The van der Waals surface area contributed by atoms with Gasteiger partial charge < -0.3 is 16.4 Å². The quantitative estimate of drug-likeness (QED) is 0.665. The third kappa shape index (κ3) is 4.06. The van der Waals surface area contributed by atoms with Gasteiger partial charge >= 0.3 is 0 Å². The molecule has 1 aliphatic rings. The van der Waals surface area contributed by atoms with Crippen molar-refractivity contribution in [2.45, 2.75) is 18.8 Å². The first-order valence-corrected chi connectivity index (χ1v) is 8.55. The lowest BCUT2D eigenvalue weighted by Gasteiger charge is -2.29. The van der Waals surface area contributed by atoms with E-state index >= 15 is 0 Å². The summed E-state index contributed by atoms with van der Waals surface area (Å²) in [6.45, 7) is 2.30. The molecule has 0 spiro atoms. The van der Waals surface area contributed by atoms with Gasteiger partial charge in [0.05, 0.1) is 16.9 Å². The highest BCUT2D eigenvalue weighted by Gasteiger charge is 2.18. The number of hydrogen-bond acceptors (Lipinski definition) is 4. The zero-order valence-electron chi connectivity index (χ0n) is 14.5. The Morgan fingerprint density at radius 3 is 2.68 bits per heavy atom. The van der Waals surface area contributed by atoms with E-state index in [2.05, 4.69) is 29.1 Å². The van der Waals surface area contributed by atoms with Gasteiger partial charge in [0, 0.05) is 18.3 Å². The number of likely N-dealkylation sites (tertiary alicyclic amines) is 1. The molecule has 1 unspecified atom stereocenters. The molecule has 1 fully saturated rings. The Bertz CT molecular complexity index is 783. The number of rotatable bonds is 4. The topological polar surface area (TPSA) is 84.7 Å². The zero-order chi connectivity index (χ0) is 17.8. The lowest BCUT2D eigenvalue weighted by molar-refractivity contribution is 0.100. The molecule has 0 aromatic heterocycles. The van der Waals surface area contributed by atoms with Gasteiger partial charge in [-0.25, -0.2) is 0 Å². The van der Waals surface area contributed by atoms with Gasteiger partial charge in [0.1, 0.15) is 0 Å². The van der Waals surface area contributed by atoms with E-state index in [4.69, 9.17) is 11.5 Å². The number of primary amides is 1. The van der Waals surface area contributed by atoms with E-state index in [-0.39, 0.29) is 0 Å². The number of nitrogens with two attached hydrogens (primary N) is 2. The van der Waals surface area contributed by atoms with Crippen molar-refractivity contribution in [3.8, 4) is 0 Å². The number of hydrogen-bond donors (Lipinski definition) is 2. The van der Waals surface area contributed by atoms with Gasteiger partial charge in [0.25, 0.3) is 5.91 Å². The maximum atomic E-state index is 11.4. The van der Waals surface area contributed by atoms with Crippen molar-refractivity contribution in [2.24, 2.45) is 10.7 Å². The maximum Gasteiger partial charge on any atom is 0.250 e. The molecule has 0 radical (unpaired) electrons. The Hall–Kier alpha value is -2.66. The molecular formula is C20H24N4O. The van der Waals surface area contributed by atoms with Gasteiger partial charge in [-0.15, -0.1) is 0 Å². The second-order valence-electron chi connectivity index (χ2n) is 6.62. The summed E-state index contributed by atoms with van der Waals surface area (Å²) in [5.74, 6) is 0.0641. The largest absolute Gasteiger partial charge is 0.398 e. The molecule has 0 bridgehead atoms. The Morgan fingerprint density at radius 1 is 1.24 bits per heavy atom. The van der Waals surface area contributed by atoms with Crippen LogP contribution in [0.2, 0.25) is 0 Å². The molecule has 130 valence electrons. The van der Waals surface area contributed by atoms with Crippen LogP contribution in [0.15, 0.2) is 47.5 Å². The van der Waals surface area contributed by atoms with Crippen LogP contribution in [0.5, 0.6) is 0 Å². The van der Waals surface area contributed by atoms with E-state index in [1.54, 1.807) is 18.3 Å². The molecule has 5 nitrogen and oxygen atoms in total. The minimum Gasteiger partial charge on any atom is -0.398 e. The molecule has 5 heteroatoms. The van der Waals surface area contributed by atoms with Crippen LogP contribution < -0.4 is 11.5 Å². The molecule has 1 saturated heterocycles. The SMILES string of the molecule is CN1CCCC(c2ccc(N=Cc3cccc(C(N)=O)c3N)cc2)C1. The van der Waals surface area contributed by atoms with Gasteiger partial charge in [-0.05, 0) is 56.1 Å². The number of carbonyl (C=O) groups excluding carboxylic acids is 1. The molecule has 1 amide bonds. The summed E-state index contributed by atoms with van der Waals surface area (Å²) in [5.41, 5.74) is 14.9. The first kappa shape index (κ1) is 17.2. The van der Waals surface area contributed by atoms with E-state index in [0.29, 0.717) is 22.7 Å². The molecule has 2 aromatic rings. The molecule has 3 rings (SSSR count). The predicted octanol–water partition coefficient (Wildman–Crippen LogP) is 2.93. The highest BCUT2D eigenvalue weighted by atomic mass is 16.1. The summed E-state index contributed by atoms with van der Waals surface area (Å²) in [6.07, 6.45) is 4.16. The Balaban J connectivity index is 1.74. The number of carbonyl (C=O) groups is 1. The van der Waals surface area contributed by atoms with Gasteiger partial charge in [-0.2, -0.15) is 0 Å². The highest BCUT2D eigenvalue weighted by molar-refractivity contribution is 6.02. The van der Waals surface area contributed by atoms with Gasteiger partial charge in [0.2, 0.25) is 0 Å². The van der Waals surface area contributed by atoms with E-state index < -0.39 is 5.91 Å². The summed E-state index contributed by atoms with van der Waals surface area (Å²) >= 11 is 0. The van der Waals surface area contributed by atoms with E-state index in [0.717, 1.165) is 12.2 Å². The molecular weight excluding hydrogens is 312 g/mol. The normalized spacial score (nSPS) is 18.5. The first-order chi connectivity index (χ1) is 12.0. The number of piperidine rings is 1. The minimum atomic E-state index is -0.533. The molecule has 2 aromatic carbocycles. The van der Waals surface area contributed by atoms with E-state index in [1.165, 1.54) is 24.9 Å². The van der Waals surface area contributed by atoms with Crippen LogP contribution in [-0.2, 0) is 0 Å². The van der Waals surface area contributed by atoms with Crippen molar-refractivity contribution in [3.63, 3.8) is 0 Å². The zero-order valence-corrected chi connectivity index (χ0v) is 14.5. The van der Waals surface area contributed by atoms with Crippen LogP contribution in [0, 0.1) is 0 Å². The molecule has 0 saturated carbocycles. The number of aliphatic imine (C=N–C) groups is 1. The molecule has 1 heterocycles. The second-order valence-corrected chi connectivity index (χ2v) is 6.62. The smallest absolute Gasteiger partial charge is 0.250 e. The van der Waals surface area contributed by atoms with Crippen LogP contribution in [0.1, 0.15) is 40.2 Å². The first-order valence-electron chi connectivity index (χ1n) is 8.55. The van der Waals surface area contributed by atoms with Crippen molar-refractivity contribution in [3.05, 3.63) is 59.2 Å². The molecule has 25 heavy (non-hydrogen) atoms. The van der Waals surface area contributed by atoms with E-state index in [9.17, 15) is 4.79 Å². The lowest BCUT2D eigenvalue weighted by Crippen LogP contribution is -2.30. The van der Waals surface area contributed by atoms with Crippen LogP contribution in [0.25, 0.3) is 0 Å². The summed E-state index contributed by atoms with van der Waals surface area (Å²) in [7, 11) is 2.18. The molecule has 1 aliphatic heterocycles. The third-order valence-corrected chi connectivity index (χ3v) is 4.75. The third-order valence-electron chi connectivity index (χ3n) is 4.75. The fourth-order valence-electron chi connectivity index (χ4n) is 3.33. The van der Waals surface area contributed by atoms with E-state index in [1.807, 2.05) is 18.2 Å². The van der Waals surface area contributed by atoms with Crippen LogP contribution in [0.3, 0.4) is 0 Å². The van der Waals surface area contributed by atoms with Crippen LogP contribution >= 0.6 is 0 Å². The fraction of sp³-hybridized carbons (Fsp3) is 0.300. The van der Waals surface area contributed by atoms with Gasteiger partial charge in [-0.3, -0.25) is 9.79 Å². The summed E-state index contributed by atoms with van der Waals surface area (Å²) in [5, 5.41) is 0. The Morgan fingerprint density at radius 2 is 2.00 bits per heavy atom.